The lowest BCUT2D eigenvalue weighted by molar-refractivity contribution is -0.136. The lowest BCUT2D eigenvalue weighted by atomic mass is 9.99. The Labute approximate surface area is 206 Å². The van der Waals surface area contributed by atoms with Crippen molar-refractivity contribution in [2.75, 3.05) is 0 Å². The van der Waals surface area contributed by atoms with Crippen LogP contribution in [0, 0.1) is 18.3 Å². The molecule has 0 spiro atoms. The van der Waals surface area contributed by atoms with Crippen LogP contribution in [-0.4, -0.2) is 11.1 Å². The van der Waals surface area contributed by atoms with Crippen molar-refractivity contribution in [1.29, 1.82) is 5.26 Å². The summed E-state index contributed by atoms with van der Waals surface area (Å²) in [5.74, 6) is -0.409. The number of nitriles is 1. The van der Waals surface area contributed by atoms with E-state index in [4.69, 9.17) is 14.4 Å². The fourth-order valence-electron chi connectivity index (χ4n) is 4.12. The van der Waals surface area contributed by atoms with Crippen molar-refractivity contribution < 1.29 is 19.1 Å². The van der Waals surface area contributed by atoms with Gasteiger partial charge >= 0.3 is 5.97 Å². The summed E-state index contributed by atoms with van der Waals surface area (Å²) >= 11 is 1.39. The van der Waals surface area contributed by atoms with Gasteiger partial charge in [-0.25, -0.2) is 0 Å². The van der Waals surface area contributed by atoms with Crippen LogP contribution in [0.1, 0.15) is 21.6 Å². The molecule has 5 nitrogen and oxygen atoms in total. The third-order valence-corrected chi connectivity index (χ3v) is 6.78. The summed E-state index contributed by atoms with van der Waals surface area (Å²) in [5, 5.41) is 19.5. The first-order valence-electron chi connectivity index (χ1n) is 11.0. The van der Waals surface area contributed by atoms with E-state index in [0.29, 0.717) is 16.2 Å². The molecule has 3 aromatic carbocycles. The lowest BCUT2D eigenvalue weighted by Crippen LogP contribution is -2.04. The van der Waals surface area contributed by atoms with Crippen molar-refractivity contribution in [1.82, 2.24) is 0 Å². The van der Waals surface area contributed by atoms with Crippen LogP contribution in [0.25, 0.3) is 32.5 Å². The molecule has 0 aliphatic rings. The summed E-state index contributed by atoms with van der Waals surface area (Å²) in [6.07, 6.45) is 1.54. The number of furan rings is 1. The van der Waals surface area contributed by atoms with Gasteiger partial charge in [-0.1, -0.05) is 42.0 Å². The molecule has 0 radical (unpaired) electrons. The van der Waals surface area contributed by atoms with Crippen LogP contribution in [0.4, 0.5) is 0 Å². The molecule has 0 bridgehead atoms. The van der Waals surface area contributed by atoms with E-state index in [1.54, 1.807) is 18.4 Å². The van der Waals surface area contributed by atoms with Crippen LogP contribution in [-0.2, 0) is 17.8 Å². The SMILES string of the molecule is Cc1cccc(-c2cc(COc3cc(-c4ccc(C#N)s4)ccc3CC(=O)O)cc3ccoc23)c1. The molecule has 0 fully saturated rings. The number of aliphatic carboxylic acids is 1. The molecular formula is C29H21NO4S. The normalized spacial score (nSPS) is 10.9. The molecule has 0 atom stereocenters. The van der Waals surface area contributed by atoms with Crippen LogP contribution in [0.15, 0.2) is 83.5 Å². The van der Waals surface area contributed by atoms with Crippen LogP contribution < -0.4 is 4.74 Å². The molecular weight excluding hydrogens is 458 g/mol. The monoisotopic (exact) mass is 479 g/mol. The average molecular weight is 480 g/mol. The number of nitrogens with zero attached hydrogens (tertiary/aromatic N) is 1. The average Bonchev–Trinajstić information content (AvgIpc) is 3.52. The highest BCUT2D eigenvalue weighted by atomic mass is 32.1. The number of hydrogen-bond acceptors (Lipinski definition) is 5. The minimum Gasteiger partial charge on any atom is -0.489 e. The number of carbonyl (C=O) groups is 1. The molecule has 6 heteroatoms. The molecule has 172 valence electrons. The molecule has 0 amide bonds. The van der Waals surface area contributed by atoms with E-state index in [9.17, 15) is 9.90 Å². The van der Waals surface area contributed by atoms with Crippen molar-refractivity contribution >= 4 is 28.3 Å². The van der Waals surface area contributed by atoms with Gasteiger partial charge in [0.15, 0.2) is 0 Å². The number of rotatable bonds is 7. The summed E-state index contributed by atoms with van der Waals surface area (Å²) in [7, 11) is 0. The van der Waals surface area contributed by atoms with E-state index in [-0.39, 0.29) is 13.0 Å². The predicted molar refractivity (Wildman–Crippen MR) is 137 cm³/mol. The van der Waals surface area contributed by atoms with Gasteiger partial charge in [0.25, 0.3) is 0 Å². The molecule has 0 saturated carbocycles. The fourth-order valence-corrected chi connectivity index (χ4v) is 4.92. The second-order valence-corrected chi connectivity index (χ2v) is 9.39. The Hall–Kier alpha value is -4.34. The smallest absolute Gasteiger partial charge is 0.307 e. The molecule has 0 aliphatic heterocycles. The molecule has 0 aliphatic carbocycles. The zero-order chi connectivity index (χ0) is 24.4. The Morgan fingerprint density at radius 1 is 1.06 bits per heavy atom. The number of carboxylic acid groups (broad SMARTS) is 1. The maximum absolute atomic E-state index is 11.4. The largest absolute Gasteiger partial charge is 0.489 e. The maximum atomic E-state index is 11.4. The molecule has 1 N–H and O–H groups in total. The summed E-state index contributed by atoms with van der Waals surface area (Å²) < 4.78 is 12.0. The molecule has 5 aromatic rings. The first-order valence-corrected chi connectivity index (χ1v) is 11.9. The predicted octanol–water partition coefficient (Wildman–Crippen LogP) is 7.21. The fraction of sp³-hybridized carbons (Fsp3) is 0.103. The van der Waals surface area contributed by atoms with Gasteiger partial charge in [-0.05, 0) is 60.0 Å². The quantitative estimate of drug-likeness (QED) is 0.266. The Morgan fingerprint density at radius 3 is 2.71 bits per heavy atom. The first kappa shape index (κ1) is 22.5. The third kappa shape index (κ3) is 4.81. The van der Waals surface area contributed by atoms with Gasteiger partial charge in [-0.15, -0.1) is 11.3 Å². The van der Waals surface area contributed by atoms with Crippen molar-refractivity contribution in [2.45, 2.75) is 20.0 Å². The third-order valence-electron chi connectivity index (χ3n) is 5.74. The Balaban J connectivity index is 1.49. The number of thiophene rings is 1. The summed E-state index contributed by atoms with van der Waals surface area (Å²) in [5.41, 5.74) is 6.45. The highest BCUT2D eigenvalue weighted by Crippen LogP contribution is 2.34. The molecule has 35 heavy (non-hydrogen) atoms. The molecule has 0 saturated heterocycles. The maximum Gasteiger partial charge on any atom is 0.307 e. The van der Waals surface area contributed by atoms with Crippen LogP contribution in [0.2, 0.25) is 0 Å². The van der Waals surface area contributed by atoms with Crippen molar-refractivity contribution in [2.24, 2.45) is 0 Å². The Morgan fingerprint density at radius 2 is 1.94 bits per heavy atom. The molecule has 2 aromatic heterocycles. The second kappa shape index (κ2) is 9.49. The van der Waals surface area contributed by atoms with E-state index >= 15 is 0 Å². The number of aryl methyl sites for hydroxylation is 1. The number of carboxylic acids is 1. The zero-order valence-electron chi connectivity index (χ0n) is 18.9. The zero-order valence-corrected chi connectivity index (χ0v) is 19.8. The van der Waals surface area contributed by atoms with Gasteiger partial charge in [0, 0.05) is 21.4 Å². The van der Waals surface area contributed by atoms with Gasteiger partial charge in [0.1, 0.15) is 28.9 Å². The Kier molecular flexibility index (Phi) is 6.09. The van der Waals surface area contributed by atoms with E-state index in [2.05, 4.69) is 37.3 Å². The number of benzene rings is 3. The second-order valence-electron chi connectivity index (χ2n) is 8.31. The topological polar surface area (TPSA) is 83.5 Å². The number of fused-ring (bicyclic) bond motifs is 1. The highest BCUT2D eigenvalue weighted by Gasteiger charge is 2.14. The molecule has 2 heterocycles. The summed E-state index contributed by atoms with van der Waals surface area (Å²) in [6, 6.07) is 25.6. The van der Waals surface area contributed by atoms with Crippen molar-refractivity contribution in [3.8, 4) is 33.4 Å². The minimum atomic E-state index is -0.924. The van der Waals surface area contributed by atoms with Gasteiger partial charge in [0.05, 0.1) is 12.7 Å². The number of hydrogen-bond donors (Lipinski definition) is 1. The Bertz CT molecular complexity index is 1590. The van der Waals surface area contributed by atoms with E-state index in [0.717, 1.165) is 43.7 Å². The van der Waals surface area contributed by atoms with Gasteiger partial charge < -0.3 is 14.3 Å². The van der Waals surface area contributed by atoms with Crippen molar-refractivity contribution in [3.05, 3.63) is 101 Å². The molecule has 5 rings (SSSR count). The van der Waals surface area contributed by atoms with Gasteiger partial charge in [0.2, 0.25) is 0 Å². The van der Waals surface area contributed by atoms with Gasteiger partial charge in [-0.2, -0.15) is 5.26 Å². The van der Waals surface area contributed by atoms with Gasteiger partial charge in [-0.3, -0.25) is 4.79 Å². The molecule has 0 unspecified atom stereocenters. The lowest BCUT2D eigenvalue weighted by Gasteiger charge is -2.13. The standard InChI is InChI=1S/C29H21NO4S/c1-18-3-2-4-20(11-18)25-13-19(12-23-9-10-33-29(23)25)17-34-26-14-22(6-5-21(26)15-28(31)32)27-8-7-24(16-30)35-27/h2-14H,15,17H2,1H3,(H,31,32). The van der Waals surface area contributed by atoms with Crippen LogP contribution in [0.3, 0.4) is 0 Å². The van der Waals surface area contributed by atoms with Crippen molar-refractivity contribution in [3.63, 3.8) is 0 Å². The minimum absolute atomic E-state index is 0.140. The highest BCUT2D eigenvalue weighted by molar-refractivity contribution is 7.16. The van der Waals surface area contributed by atoms with Crippen LogP contribution in [0.5, 0.6) is 5.75 Å². The first-order chi connectivity index (χ1) is 17.0. The summed E-state index contributed by atoms with van der Waals surface area (Å²) in [6.45, 7) is 2.32. The van der Waals surface area contributed by atoms with E-state index < -0.39 is 5.97 Å². The summed E-state index contributed by atoms with van der Waals surface area (Å²) in [4.78, 5) is 13.0. The van der Waals surface area contributed by atoms with E-state index in [1.165, 1.54) is 11.3 Å². The van der Waals surface area contributed by atoms with Crippen LogP contribution >= 0.6 is 11.3 Å². The number of ether oxygens (including phenoxy) is 1. The van der Waals surface area contributed by atoms with E-state index in [1.807, 2.05) is 36.4 Å².